The van der Waals surface area contributed by atoms with E-state index in [1.807, 2.05) is 11.3 Å². The Labute approximate surface area is 122 Å². The van der Waals surface area contributed by atoms with Gasteiger partial charge in [0.2, 0.25) is 0 Å². The second kappa shape index (κ2) is 7.85. The zero-order valence-corrected chi connectivity index (χ0v) is 14.1. The lowest BCUT2D eigenvalue weighted by Crippen LogP contribution is -2.29. The normalized spacial score (nSPS) is 13.0. The van der Waals surface area contributed by atoms with Crippen LogP contribution in [0.15, 0.2) is 0 Å². The molecule has 0 saturated carbocycles. The molecule has 1 N–H and O–H groups in total. The minimum absolute atomic E-state index is 0.544. The number of aromatic nitrogens is 1. The van der Waals surface area contributed by atoms with Crippen LogP contribution in [0.2, 0.25) is 0 Å². The summed E-state index contributed by atoms with van der Waals surface area (Å²) < 4.78 is 0. The molecule has 0 amide bonds. The summed E-state index contributed by atoms with van der Waals surface area (Å²) in [5.41, 5.74) is 1.17. The van der Waals surface area contributed by atoms with Crippen molar-refractivity contribution in [3.8, 4) is 0 Å². The zero-order valence-electron chi connectivity index (χ0n) is 13.3. The first-order valence-electron chi connectivity index (χ1n) is 7.35. The van der Waals surface area contributed by atoms with E-state index in [1.54, 1.807) is 0 Å². The van der Waals surface area contributed by atoms with Gasteiger partial charge in [-0.05, 0) is 39.2 Å². The average molecular weight is 283 g/mol. The summed E-state index contributed by atoms with van der Waals surface area (Å²) in [6.07, 6.45) is 2.38. The van der Waals surface area contributed by atoms with Gasteiger partial charge in [0.25, 0.3) is 0 Å². The lowest BCUT2D eigenvalue weighted by atomic mass is 10.0. The van der Waals surface area contributed by atoms with E-state index in [-0.39, 0.29) is 0 Å². The molecule has 4 heteroatoms. The molecule has 1 aromatic rings. The number of thiazole rings is 1. The van der Waals surface area contributed by atoms with Crippen LogP contribution in [0.1, 0.15) is 51.1 Å². The predicted molar refractivity (Wildman–Crippen MR) is 86.2 cm³/mol. The van der Waals surface area contributed by atoms with Crippen molar-refractivity contribution in [2.45, 2.75) is 60.0 Å². The van der Waals surface area contributed by atoms with E-state index in [0.717, 1.165) is 24.1 Å². The molecule has 0 bridgehead atoms. The first-order valence-corrected chi connectivity index (χ1v) is 8.17. The summed E-state index contributed by atoms with van der Waals surface area (Å²) in [6.45, 7) is 13.2. The summed E-state index contributed by atoms with van der Waals surface area (Å²) in [6, 6.07) is 0.544. The van der Waals surface area contributed by atoms with Gasteiger partial charge in [-0.3, -0.25) is 0 Å². The lowest BCUT2D eigenvalue weighted by Gasteiger charge is -2.25. The largest absolute Gasteiger partial charge is 0.348 e. The molecule has 0 radical (unpaired) electrons. The van der Waals surface area contributed by atoms with Gasteiger partial charge < -0.3 is 10.2 Å². The highest BCUT2D eigenvalue weighted by atomic mass is 32.1. The summed E-state index contributed by atoms with van der Waals surface area (Å²) in [5.74, 6) is 0.726. The second-order valence-electron chi connectivity index (χ2n) is 5.77. The molecule has 0 aromatic carbocycles. The molecule has 3 nitrogen and oxygen atoms in total. The summed E-state index contributed by atoms with van der Waals surface area (Å²) in [5, 5.41) is 4.61. The van der Waals surface area contributed by atoms with Crippen molar-refractivity contribution in [3.63, 3.8) is 0 Å². The third-order valence-corrected chi connectivity index (χ3v) is 4.62. The monoisotopic (exact) mass is 283 g/mol. The highest BCUT2D eigenvalue weighted by Crippen LogP contribution is 2.27. The van der Waals surface area contributed by atoms with Gasteiger partial charge in [0.05, 0.1) is 5.69 Å². The fraction of sp³-hybridized carbons (Fsp3) is 0.800. The van der Waals surface area contributed by atoms with Gasteiger partial charge in [-0.2, -0.15) is 0 Å². The molecule has 1 unspecified atom stereocenters. The van der Waals surface area contributed by atoms with Crippen LogP contribution < -0.4 is 10.2 Å². The van der Waals surface area contributed by atoms with E-state index < -0.39 is 0 Å². The summed E-state index contributed by atoms with van der Waals surface area (Å²) >= 11 is 1.83. The van der Waals surface area contributed by atoms with Gasteiger partial charge in [0.1, 0.15) is 0 Å². The molecule has 1 heterocycles. The van der Waals surface area contributed by atoms with Gasteiger partial charge in [-0.25, -0.2) is 4.98 Å². The number of rotatable bonds is 8. The first-order chi connectivity index (χ1) is 8.95. The maximum atomic E-state index is 4.72. The Morgan fingerprint density at radius 1 is 1.32 bits per heavy atom. The fourth-order valence-electron chi connectivity index (χ4n) is 2.14. The smallest absolute Gasteiger partial charge is 0.185 e. The molecular weight excluding hydrogens is 254 g/mol. The molecule has 0 saturated heterocycles. The Hall–Kier alpha value is -0.610. The van der Waals surface area contributed by atoms with Crippen molar-refractivity contribution in [1.29, 1.82) is 0 Å². The van der Waals surface area contributed by atoms with Crippen molar-refractivity contribution in [3.05, 3.63) is 10.6 Å². The Morgan fingerprint density at radius 3 is 2.58 bits per heavy atom. The molecule has 1 atom stereocenters. The zero-order chi connectivity index (χ0) is 14.4. The minimum Gasteiger partial charge on any atom is -0.348 e. The highest BCUT2D eigenvalue weighted by Gasteiger charge is 2.16. The van der Waals surface area contributed by atoms with Gasteiger partial charge >= 0.3 is 0 Å². The summed E-state index contributed by atoms with van der Waals surface area (Å²) in [4.78, 5) is 8.41. The molecule has 0 aliphatic heterocycles. The fourth-order valence-corrected chi connectivity index (χ4v) is 3.23. The molecule has 0 fully saturated rings. The molecule has 19 heavy (non-hydrogen) atoms. The third kappa shape index (κ3) is 5.11. The van der Waals surface area contributed by atoms with E-state index in [4.69, 9.17) is 4.98 Å². The highest BCUT2D eigenvalue weighted by molar-refractivity contribution is 7.15. The Morgan fingerprint density at radius 2 is 2.00 bits per heavy atom. The number of aryl methyl sites for hydroxylation is 1. The van der Waals surface area contributed by atoms with Gasteiger partial charge in [-0.1, -0.05) is 20.8 Å². The van der Waals surface area contributed by atoms with Gasteiger partial charge in [-0.15, -0.1) is 11.3 Å². The molecule has 0 aliphatic carbocycles. The molecule has 0 spiro atoms. The summed E-state index contributed by atoms with van der Waals surface area (Å²) in [7, 11) is 2.16. The molecule has 1 rings (SSSR count). The lowest BCUT2D eigenvalue weighted by molar-refractivity contribution is 0.503. The number of nitrogens with one attached hydrogen (secondary N) is 1. The van der Waals surface area contributed by atoms with Crippen LogP contribution in [0.5, 0.6) is 0 Å². The van der Waals surface area contributed by atoms with Gasteiger partial charge in [0.15, 0.2) is 5.13 Å². The van der Waals surface area contributed by atoms with Crippen LogP contribution in [0.3, 0.4) is 0 Å². The topological polar surface area (TPSA) is 28.2 Å². The SMILES string of the molecule is CCCNCc1sc(N(C)C(C)CC(C)C)nc1C. The number of hydrogen-bond donors (Lipinski definition) is 1. The van der Waals surface area contributed by atoms with Crippen molar-refractivity contribution in [2.24, 2.45) is 5.92 Å². The third-order valence-electron chi connectivity index (χ3n) is 3.37. The Balaban J connectivity index is 2.65. The molecule has 110 valence electrons. The van der Waals surface area contributed by atoms with Crippen LogP contribution in [0.25, 0.3) is 0 Å². The van der Waals surface area contributed by atoms with Crippen molar-refractivity contribution in [1.82, 2.24) is 10.3 Å². The van der Waals surface area contributed by atoms with Gasteiger partial charge in [0, 0.05) is 24.5 Å². The quantitative estimate of drug-likeness (QED) is 0.735. The standard InChI is InChI=1S/C15H29N3S/c1-7-8-16-10-14-13(5)17-15(19-14)18(6)12(4)9-11(2)3/h11-12,16H,7-10H2,1-6H3. The van der Waals surface area contributed by atoms with Crippen molar-refractivity contribution < 1.29 is 0 Å². The van der Waals surface area contributed by atoms with E-state index in [9.17, 15) is 0 Å². The minimum atomic E-state index is 0.544. The second-order valence-corrected chi connectivity index (χ2v) is 6.83. The van der Waals surface area contributed by atoms with E-state index in [0.29, 0.717) is 6.04 Å². The van der Waals surface area contributed by atoms with Crippen LogP contribution in [0, 0.1) is 12.8 Å². The first kappa shape index (κ1) is 16.4. The van der Waals surface area contributed by atoms with E-state index in [2.05, 4.69) is 51.9 Å². The van der Waals surface area contributed by atoms with Crippen molar-refractivity contribution >= 4 is 16.5 Å². The van der Waals surface area contributed by atoms with Crippen LogP contribution in [-0.4, -0.2) is 24.6 Å². The molecule has 0 aliphatic rings. The van der Waals surface area contributed by atoms with Crippen LogP contribution in [0.4, 0.5) is 5.13 Å². The number of anilines is 1. The Bertz CT molecular complexity index is 373. The molecular formula is C15H29N3S. The van der Waals surface area contributed by atoms with Crippen LogP contribution >= 0.6 is 11.3 Å². The maximum Gasteiger partial charge on any atom is 0.185 e. The van der Waals surface area contributed by atoms with Crippen molar-refractivity contribution in [2.75, 3.05) is 18.5 Å². The maximum absolute atomic E-state index is 4.72. The van der Waals surface area contributed by atoms with E-state index in [1.165, 1.54) is 23.4 Å². The number of nitrogens with zero attached hydrogens (tertiary/aromatic N) is 2. The van der Waals surface area contributed by atoms with E-state index >= 15 is 0 Å². The Kier molecular flexibility index (Phi) is 6.80. The molecule has 1 aromatic heterocycles. The average Bonchev–Trinajstić information content (AvgIpc) is 2.69. The number of hydrogen-bond acceptors (Lipinski definition) is 4. The predicted octanol–water partition coefficient (Wildman–Crippen LogP) is 3.82. The van der Waals surface area contributed by atoms with Crippen LogP contribution in [-0.2, 0) is 6.54 Å².